The van der Waals surface area contributed by atoms with E-state index >= 15 is 8.78 Å². The van der Waals surface area contributed by atoms with Crippen molar-refractivity contribution in [2.24, 2.45) is 0 Å². The smallest absolute Gasteiger partial charge is 0.147 e. The van der Waals surface area contributed by atoms with Crippen molar-refractivity contribution in [2.45, 2.75) is 0 Å². The van der Waals surface area contributed by atoms with Gasteiger partial charge in [0.25, 0.3) is 0 Å². The van der Waals surface area contributed by atoms with Crippen LogP contribution in [0.3, 0.4) is 0 Å². The summed E-state index contributed by atoms with van der Waals surface area (Å²) >= 11 is 0. The Bertz CT molecular complexity index is 2860. The summed E-state index contributed by atoms with van der Waals surface area (Å²) in [6.45, 7) is 0. The zero-order valence-corrected chi connectivity index (χ0v) is 31.4. The molecule has 0 saturated heterocycles. The van der Waals surface area contributed by atoms with Crippen LogP contribution < -0.4 is 9.80 Å². The number of halogens is 2. The van der Waals surface area contributed by atoms with Crippen LogP contribution in [0.1, 0.15) is 0 Å². The number of rotatable bonds is 8. The van der Waals surface area contributed by atoms with E-state index in [0.29, 0.717) is 11.4 Å². The highest BCUT2D eigenvalue weighted by molar-refractivity contribution is 6.31. The third-order valence-corrected chi connectivity index (χ3v) is 11.0. The summed E-state index contributed by atoms with van der Waals surface area (Å²) in [5.41, 5.74) is 8.77. The second-order valence-electron chi connectivity index (χ2n) is 14.3. The molecule has 2 nitrogen and oxygen atoms in total. The van der Waals surface area contributed by atoms with Crippen LogP contribution >= 0.6 is 0 Å². The lowest BCUT2D eigenvalue weighted by Gasteiger charge is -2.26. The fraction of sp³-hybridized carbons (Fsp3) is 0. The number of para-hydroxylation sites is 4. The van der Waals surface area contributed by atoms with E-state index in [4.69, 9.17) is 0 Å². The molecule has 0 aliphatic rings. The van der Waals surface area contributed by atoms with Crippen LogP contribution in [0.4, 0.5) is 42.9 Å². The van der Waals surface area contributed by atoms with Gasteiger partial charge in [-0.3, -0.25) is 0 Å². The molecule has 0 atom stereocenters. The van der Waals surface area contributed by atoms with Crippen molar-refractivity contribution in [2.75, 3.05) is 9.80 Å². The van der Waals surface area contributed by atoms with Gasteiger partial charge in [-0.25, -0.2) is 8.78 Å². The van der Waals surface area contributed by atoms with Crippen molar-refractivity contribution in [1.29, 1.82) is 0 Å². The highest BCUT2D eigenvalue weighted by atomic mass is 19.1. The molecule has 0 aliphatic heterocycles. The number of hydrogen-bond acceptors (Lipinski definition) is 2. The van der Waals surface area contributed by atoms with Crippen molar-refractivity contribution in [3.05, 3.63) is 230 Å². The predicted molar refractivity (Wildman–Crippen MR) is 239 cm³/mol. The third kappa shape index (κ3) is 6.12. The van der Waals surface area contributed by atoms with Gasteiger partial charge in [-0.1, -0.05) is 146 Å². The Balaban J connectivity index is 1.15. The van der Waals surface area contributed by atoms with Crippen molar-refractivity contribution in [1.82, 2.24) is 0 Å². The van der Waals surface area contributed by atoms with Crippen LogP contribution in [-0.2, 0) is 0 Å². The highest BCUT2D eigenvalue weighted by Crippen LogP contribution is 2.46. The SMILES string of the molecule is Fc1ccccc1N(c1ccccc1)c1ccc(-c2ccc(-c3ccc(N(c4ccccc4)c4ccccc4F)cc3)c3c4ccccc4c4ccccc4c23)cc1. The molecule has 10 aromatic rings. The van der Waals surface area contributed by atoms with E-state index in [0.717, 1.165) is 55.8 Å². The van der Waals surface area contributed by atoms with Gasteiger partial charge in [0.05, 0.1) is 11.4 Å². The molecule has 0 fully saturated rings. The number of hydrogen-bond donors (Lipinski definition) is 0. The van der Waals surface area contributed by atoms with E-state index in [1.807, 2.05) is 94.7 Å². The lowest BCUT2D eigenvalue weighted by molar-refractivity contribution is 0.628. The van der Waals surface area contributed by atoms with E-state index in [1.54, 1.807) is 12.1 Å². The van der Waals surface area contributed by atoms with E-state index in [9.17, 15) is 0 Å². The number of benzene rings is 10. The van der Waals surface area contributed by atoms with Gasteiger partial charge in [0.15, 0.2) is 0 Å². The van der Waals surface area contributed by atoms with Gasteiger partial charge >= 0.3 is 0 Å². The van der Waals surface area contributed by atoms with Gasteiger partial charge in [-0.05, 0) is 127 Å². The quantitative estimate of drug-likeness (QED) is 0.143. The van der Waals surface area contributed by atoms with Crippen LogP contribution in [0.25, 0.3) is 54.6 Å². The second kappa shape index (κ2) is 14.8. The van der Waals surface area contributed by atoms with Gasteiger partial charge in [0.1, 0.15) is 11.6 Å². The number of anilines is 6. The van der Waals surface area contributed by atoms with E-state index in [1.165, 1.54) is 33.7 Å². The molecule has 276 valence electrons. The average Bonchev–Trinajstić information content (AvgIpc) is 3.29. The number of fused-ring (bicyclic) bond motifs is 6. The molecule has 0 bridgehead atoms. The Hall–Kier alpha value is -7.56. The molecule has 10 aromatic carbocycles. The van der Waals surface area contributed by atoms with Gasteiger partial charge < -0.3 is 9.80 Å². The Labute approximate surface area is 336 Å². The fourth-order valence-corrected chi connectivity index (χ4v) is 8.37. The third-order valence-electron chi connectivity index (χ3n) is 11.0. The zero-order chi connectivity index (χ0) is 39.0. The highest BCUT2D eigenvalue weighted by Gasteiger charge is 2.21. The topological polar surface area (TPSA) is 6.48 Å². The molecular formula is C54H36F2N2. The van der Waals surface area contributed by atoms with E-state index in [2.05, 4.69) is 109 Å². The van der Waals surface area contributed by atoms with Crippen LogP contribution in [0.15, 0.2) is 218 Å². The Morgan fingerprint density at radius 2 is 0.569 bits per heavy atom. The predicted octanol–water partition coefficient (Wildman–Crippen LogP) is 15.7. The lowest BCUT2D eigenvalue weighted by atomic mass is 9.85. The molecule has 10 rings (SSSR count). The first-order valence-electron chi connectivity index (χ1n) is 19.4. The lowest BCUT2D eigenvalue weighted by Crippen LogP contribution is -2.11. The largest absolute Gasteiger partial charge is 0.308 e. The second-order valence-corrected chi connectivity index (χ2v) is 14.3. The summed E-state index contributed by atoms with van der Waals surface area (Å²) in [5, 5.41) is 7.04. The maximum Gasteiger partial charge on any atom is 0.147 e. The molecule has 0 unspecified atom stereocenters. The normalized spacial score (nSPS) is 11.3. The Morgan fingerprint density at radius 3 is 0.948 bits per heavy atom. The van der Waals surface area contributed by atoms with Crippen molar-refractivity contribution < 1.29 is 8.78 Å². The number of nitrogens with zero attached hydrogens (tertiary/aromatic N) is 2. The summed E-state index contributed by atoms with van der Waals surface area (Å²) in [6.07, 6.45) is 0. The van der Waals surface area contributed by atoms with Gasteiger partial charge in [-0.2, -0.15) is 0 Å². The van der Waals surface area contributed by atoms with Crippen LogP contribution in [-0.4, -0.2) is 0 Å². The van der Waals surface area contributed by atoms with E-state index < -0.39 is 0 Å². The first kappa shape index (κ1) is 34.9. The summed E-state index contributed by atoms with van der Waals surface area (Å²) < 4.78 is 30.7. The monoisotopic (exact) mass is 750 g/mol. The average molecular weight is 751 g/mol. The van der Waals surface area contributed by atoms with Crippen LogP contribution in [0.2, 0.25) is 0 Å². The minimum absolute atomic E-state index is 0.289. The summed E-state index contributed by atoms with van der Waals surface area (Å²) in [4.78, 5) is 3.91. The summed E-state index contributed by atoms with van der Waals surface area (Å²) in [6, 6.07) is 72.1. The van der Waals surface area contributed by atoms with Crippen LogP contribution in [0, 0.1) is 11.6 Å². The molecule has 0 saturated carbocycles. The molecular weight excluding hydrogens is 715 g/mol. The van der Waals surface area contributed by atoms with Crippen molar-refractivity contribution in [3.63, 3.8) is 0 Å². The van der Waals surface area contributed by atoms with Gasteiger partial charge in [0, 0.05) is 22.7 Å². The standard InChI is InChI=1S/C54H36F2N2/c55-49-23-11-13-25-51(49)57(39-15-3-1-4-16-39)41-31-27-37(28-32-41)43-35-36-44(54-48-22-10-8-20-46(48)45-19-7-9-21-47(45)53(43)54)38-29-33-42(34-30-38)58(40-17-5-2-6-18-40)52-26-14-12-24-50(52)56/h1-36H. The summed E-state index contributed by atoms with van der Waals surface area (Å²) in [5.74, 6) is -0.577. The fourth-order valence-electron chi connectivity index (χ4n) is 8.37. The molecule has 0 heterocycles. The molecule has 0 aliphatic carbocycles. The van der Waals surface area contributed by atoms with Gasteiger partial charge in [0.2, 0.25) is 0 Å². The van der Waals surface area contributed by atoms with Crippen molar-refractivity contribution in [3.8, 4) is 22.3 Å². The zero-order valence-electron chi connectivity index (χ0n) is 31.4. The molecule has 0 amide bonds. The Morgan fingerprint density at radius 1 is 0.259 bits per heavy atom. The summed E-state index contributed by atoms with van der Waals surface area (Å²) in [7, 11) is 0. The molecule has 0 radical (unpaired) electrons. The maximum atomic E-state index is 15.4. The van der Waals surface area contributed by atoms with E-state index in [-0.39, 0.29) is 11.6 Å². The van der Waals surface area contributed by atoms with Crippen LogP contribution in [0.5, 0.6) is 0 Å². The minimum atomic E-state index is -0.289. The maximum absolute atomic E-state index is 15.4. The van der Waals surface area contributed by atoms with Crippen molar-refractivity contribution >= 4 is 66.4 Å². The Kier molecular flexibility index (Phi) is 8.92. The molecule has 0 spiro atoms. The molecule has 4 heteroatoms. The van der Waals surface area contributed by atoms with Gasteiger partial charge in [-0.15, -0.1) is 0 Å². The first-order valence-corrected chi connectivity index (χ1v) is 19.4. The minimum Gasteiger partial charge on any atom is -0.308 e. The molecule has 0 aromatic heterocycles. The molecule has 58 heavy (non-hydrogen) atoms. The molecule has 0 N–H and O–H groups in total. The first-order chi connectivity index (χ1) is 28.6.